The van der Waals surface area contributed by atoms with Gasteiger partial charge in [0.05, 0.1) is 11.0 Å². The van der Waals surface area contributed by atoms with Crippen molar-refractivity contribution in [3.8, 4) is 0 Å². The Morgan fingerprint density at radius 2 is 1.50 bits per heavy atom. The summed E-state index contributed by atoms with van der Waals surface area (Å²) in [6.07, 6.45) is 10.7. The Balaban J connectivity index is 1.57. The molecule has 4 nitrogen and oxygen atoms in total. The van der Waals surface area contributed by atoms with E-state index < -0.39 is 11.0 Å². The van der Waals surface area contributed by atoms with Gasteiger partial charge in [-0.25, -0.2) is 0 Å². The first kappa shape index (κ1) is 26.7. The van der Waals surface area contributed by atoms with Crippen LogP contribution in [0.2, 0.25) is 0 Å². The first-order chi connectivity index (χ1) is 16.5. The number of hydrogen-bond donors (Lipinski definition) is 1. The van der Waals surface area contributed by atoms with E-state index in [1.54, 1.807) is 0 Å². The lowest BCUT2D eigenvalue weighted by atomic mass is 9.31. The molecular weight excluding hydrogens is 448 g/mol. The van der Waals surface area contributed by atoms with Crippen molar-refractivity contribution in [3.63, 3.8) is 0 Å². The summed E-state index contributed by atoms with van der Waals surface area (Å²) in [5.41, 5.74) is -0.618. The third-order valence-electron chi connectivity index (χ3n) is 13.8. The summed E-state index contributed by atoms with van der Waals surface area (Å²) in [6, 6.07) is 0. The van der Waals surface area contributed by atoms with Crippen molar-refractivity contribution >= 4 is 11.8 Å². The van der Waals surface area contributed by atoms with Crippen LogP contribution in [-0.4, -0.2) is 29.1 Å². The van der Waals surface area contributed by atoms with Crippen LogP contribution in [0.3, 0.4) is 0 Å². The normalized spacial score (nSPS) is 49.9. The van der Waals surface area contributed by atoms with Gasteiger partial charge >= 0.3 is 5.97 Å². The number of ether oxygens (including phenoxy) is 1. The van der Waals surface area contributed by atoms with Crippen LogP contribution >= 0.6 is 0 Å². The number of rotatable bonds is 3. The Labute approximate surface area is 219 Å². The number of aliphatic hydroxyl groups is 1. The molecule has 1 N–H and O–H groups in total. The van der Waals surface area contributed by atoms with E-state index in [1.165, 1.54) is 32.6 Å². The predicted molar refractivity (Wildman–Crippen MR) is 142 cm³/mol. The van der Waals surface area contributed by atoms with Crippen LogP contribution in [0.1, 0.15) is 120 Å². The van der Waals surface area contributed by atoms with Crippen LogP contribution in [-0.2, 0) is 14.3 Å². The van der Waals surface area contributed by atoms with Crippen LogP contribution in [0, 0.1) is 56.7 Å². The molecule has 0 aromatic carbocycles. The Kier molecular flexibility index (Phi) is 5.97. The number of carbonyl (C=O) groups is 2. The lowest BCUT2D eigenvalue weighted by molar-refractivity contribution is -0.247. The van der Waals surface area contributed by atoms with Crippen molar-refractivity contribution in [2.24, 2.45) is 56.7 Å². The van der Waals surface area contributed by atoms with Crippen molar-refractivity contribution in [2.45, 2.75) is 125 Å². The van der Waals surface area contributed by atoms with Crippen molar-refractivity contribution < 1.29 is 19.4 Å². The molecular formula is C32H52O4. The Morgan fingerprint density at radius 1 is 0.889 bits per heavy atom. The van der Waals surface area contributed by atoms with Crippen LogP contribution < -0.4 is 0 Å². The fourth-order valence-corrected chi connectivity index (χ4v) is 11.9. The lowest BCUT2D eigenvalue weighted by Crippen LogP contribution is -2.69. The molecule has 9 atom stereocenters. The average Bonchev–Trinajstić information content (AvgIpc) is 3.13. The van der Waals surface area contributed by atoms with E-state index in [0.29, 0.717) is 30.0 Å². The Morgan fingerprint density at radius 3 is 2.14 bits per heavy atom. The minimum Gasteiger partial charge on any atom is -0.465 e. The first-order valence-electron chi connectivity index (χ1n) is 14.9. The second kappa shape index (κ2) is 8.06. The smallest absolute Gasteiger partial charge is 0.302 e. The molecule has 0 saturated heterocycles. The maximum absolute atomic E-state index is 14.1. The molecule has 0 unspecified atom stereocenters. The molecule has 0 aromatic heterocycles. The highest BCUT2D eigenvalue weighted by Gasteiger charge is 2.73. The Bertz CT molecular complexity index is 931. The molecule has 0 aromatic rings. The van der Waals surface area contributed by atoms with Crippen molar-refractivity contribution in [1.82, 2.24) is 0 Å². The summed E-state index contributed by atoms with van der Waals surface area (Å²) in [7, 11) is 0. The molecule has 0 aliphatic heterocycles. The van der Waals surface area contributed by atoms with E-state index in [4.69, 9.17) is 4.74 Å². The maximum atomic E-state index is 14.1. The highest BCUT2D eigenvalue weighted by Crippen LogP contribution is 2.77. The van der Waals surface area contributed by atoms with E-state index in [0.717, 1.165) is 32.1 Å². The van der Waals surface area contributed by atoms with Crippen molar-refractivity contribution in [1.29, 1.82) is 0 Å². The predicted octanol–water partition coefficient (Wildman–Crippen LogP) is 6.97. The van der Waals surface area contributed by atoms with Crippen LogP contribution in [0.15, 0.2) is 0 Å². The zero-order valence-corrected chi connectivity index (χ0v) is 24.3. The van der Waals surface area contributed by atoms with Crippen LogP contribution in [0.25, 0.3) is 0 Å². The van der Waals surface area contributed by atoms with Crippen molar-refractivity contribution in [3.05, 3.63) is 0 Å². The van der Waals surface area contributed by atoms with E-state index in [2.05, 4.69) is 34.6 Å². The molecule has 0 radical (unpaired) electrons. The number of Topliss-reactive ketones (excluding diaryl/α,β-unsaturated/α-hetero) is 1. The van der Waals surface area contributed by atoms with Gasteiger partial charge in [0.2, 0.25) is 0 Å². The summed E-state index contributed by atoms with van der Waals surface area (Å²) in [4.78, 5) is 26.2. The maximum Gasteiger partial charge on any atom is 0.302 e. The second-order valence-electron chi connectivity index (χ2n) is 15.8. The number of fused-ring (bicyclic) bond motifs is 7. The molecule has 5 saturated carbocycles. The van der Waals surface area contributed by atoms with Gasteiger partial charge in [0.25, 0.3) is 0 Å². The summed E-state index contributed by atoms with van der Waals surface area (Å²) >= 11 is 0. The highest BCUT2D eigenvalue weighted by molar-refractivity contribution is 5.87. The number of esters is 1. The van der Waals surface area contributed by atoms with Gasteiger partial charge in [-0.2, -0.15) is 0 Å². The topological polar surface area (TPSA) is 63.6 Å². The summed E-state index contributed by atoms with van der Waals surface area (Å²) in [5, 5.41) is 11.0. The van der Waals surface area contributed by atoms with Gasteiger partial charge < -0.3 is 9.84 Å². The zero-order chi connectivity index (χ0) is 26.5. The van der Waals surface area contributed by atoms with Crippen LogP contribution in [0.5, 0.6) is 0 Å². The van der Waals surface area contributed by atoms with Gasteiger partial charge in [-0.3, -0.25) is 9.59 Å². The number of carbonyl (C=O) groups excluding carboxylic acids is 2. The van der Waals surface area contributed by atoms with Crippen molar-refractivity contribution in [2.75, 3.05) is 6.61 Å². The first-order valence-corrected chi connectivity index (χ1v) is 14.9. The minimum atomic E-state index is -0.622. The average molecular weight is 501 g/mol. The van der Waals surface area contributed by atoms with Gasteiger partial charge in [0.15, 0.2) is 0 Å². The minimum absolute atomic E-state index is 0.0520. The molecule has 4 heteroatoms. The molecule has 204 valence electrons. The van der Waals surface area contributed by atoms with Gasteiger partial charge in [0, 0.05) is 13.3 Å². The molecule has 0 amide bonds. The zero-order valence-electron chi connectivity index (χ0n) is 24.3. The molecule has 0 heterocycles. The fourth-order valence-electron chi connectivity index (χ4n) is 11.9. The largest absolute Gasteiger partial charge is 0.465 e. The summed E-state index contributed by atoms with van der Waals surface area (Å²) in [5.74, 6) is 2.23. The van der Waals surface area contributed by atoms with E-state index >= 15 is 0 Å². The molecule has 36 heavy (non-hydrogen) atoms. The van der Waals surface area contributed by atoms with Gasteiger partial charge in [-0.1, -0.05) is 34.6 Å². The third-order valence-corrected chi connectivity index (χ3v) is 13.8. The van der Waals surface area contributed by atoms with Crippen LogP contribution in [0.4, 0.5) is 0 Å². The Hall–Kier alpha value is -0.900. The fraction of sp³-hybridized carbons (Fsp3) is 0.938. The van der Waals surface area contributed by atoms with Gasteiger partial charge in [-0.05, 0) is 123 Å². The summed E-state index contributed by atoms with van der Waals surface area (Å²) < 4.78 is 5.82. The van der Waals surface area contributed by atoms with Gasteiger partial charge in [0.1, 0.15) is 12.4 Å². The monoisotopic (exact) mass is 500 g/mol. The molecule has 5 rings (SSSR count). The molecule has 5 fully saturated rings. The van der Waals surface area contributed by atoms with E-state index in [1.807, 2.05) is 13.8 Å². The SMILES string of the molecule is CC(=O)OC[C@]12C(=O)CCC(C)(C)[C@@H]1CC[C@]1(C)[C@@H]2CC[C@@H]2[C@@]3(C)CC[C@H](C(C)(C)O)[C@@H]3CC[C@]21C. The highest BCUT2D eigenvalue weighted by atomic mass is 16.5. The van der Waals surface area contributed by atoms with E-state index in [9.17, 15) is 14.7 Å². The number of ketones is 1. The summed E-state index contributed by atoms with van der Waals surface area (Å²) in [6.45, 7) is 18.1. The van der Waals surface area contributed by atoms with E-state index in [-0.39, 0.29) is 46.1 Å². The standard InChI is InChI=1S/C32H52O4/c1-20(33)36-19-32-23(27(2,3)15-14-26(32)34)13-18-31(8)25(32)10-9-24-29(6)16-11-21(28(4,5)35)22(29)12-17-30(24,31)7/h21-25,35H,9-19H2,1-8H3/t21-,22-,23-,24+,25-,29-,30+,31+,32-/m0/s1. The molecule has 0 bridgehead atoms. The molecule has 5 aliphatic rings. The quantitative estimate of drug-likeness (QED) is 0.425. The molecule has 0 spiro atoms. The molecule has 5 aliphatic carbocycles. The number of hydrogen-bond acceptors (Lipinski definition) is 4. The van der Waals surface area contributed by atoms with Gasteiger partial charge in [-0.15, -0.1) is 0 Å². The second-order valence-corrected chi connectivity index (χ2v) is 15.8. The lowest BCUT2D eigenvalue weighted by Gasteiger charge is -2.72. The third kappa shape index (κ3) is 3.34.